The molecule has 0 aliphatic rings. The van der Waals surface area contributed by atoms with E-state index in [1.165, 1.54) is 22.5 Å². The summed E-state index contributed by atoms with van der Waals surface area (Å²) in [5.74, 6) is 0.676. The van der Waals surface area contributed by atoms with E-state index in [2.05, 4.69) is 31.7 Å². The highest BCUT2D eigenvalue weighted by atomic mass is 32.1. The first-order chi connectivity index (χ1) is 13.6. The summed E-state index contributed by atoms with van der Waals surface area (Å²) in [6.45, 7) is 4.62. The number of fused-ring (bicyclic) bond motifs is 1. The quantitative estimate of drug-likeness (QED) is 0.446. The number of nitrogens with zero attached hydrogens (tertiary/aromatic N) is 3. The molecule has 1 amide bonds. The van der Waals surface area contributed by atoms with Gasteiger partial charge >= 0.3 is 0 Å². The zero-order chi connectivity index (χ0) is 19.5. The zero-order valence-electron chi connectivity index (χ0n) is 15.4. The molecule has 9 heteroatoms. The van der Waals surface area contributed by atoms with Crippen LogP contribution >= 0.6 is 34.0 Å². The van der Waals surface area contributed by atoms with Crippen molar-refractivity contribution in [1.82, 2.24) is 20.3 Å². The lowest BCUT2D eigenvalue weighted by molar-refractivity contribution is 0.0958. The maximum Gasteiger partial charge on any atom is 0.261 e. The van der Waals surface area contributed by atoms with E-state index in [-0.39, 0.29) is 11.9 Å². The fourth-order valence-electron chi connectivity index (χ4n) is 2.95. The zero-order valence-corrected chi connectivity index (χ0v) is 17.9. The fraction of sp³-hybridized carbons (Fsp3) is 0.263. The molecule has 4 aromatic rings. The summed E-state index contributed by atoms with van der Waals surface area (Å²) in [4.78, 5) is 28.6. The Labute approximate surface area is 174 Å². The molecule has 0 aliphatic carbocycles. The summed E-state index contributed by atoms with van der Waals surface area (Å²) in [5.41, 5.74) is 0.906. The van der Waals surface area contributed by atoms with Gasteiger partial charge in [0.25, 0.3) is 5.91 Å². The number of thiophene rings is 2. The van der Waals surface area contributed by atoms with Crippen molar-refractivity contribution in [2.75, 3.05) is 11.9 Å². The standard InChI is InChI=1S/C19H19N5OS3/c1-11-14-16(24-12(2)18-21-7-9-27-18)22-10-23-19(14)28-15(11)17(25)20-6-5-13-4-3-8-26-13/h3-4,7-10,12H,5-6H2,1-2H3,(H,20,25)(H,22,23,24). The predicted octanol–water partition coefficient (Wildman–Crippen LogP) is 4.66. The number of aryl methyl sites for hydroxylation is 1. The van der Waals surface area contributed by atoms with Crippen LogP contribution in [0.25, 0.3) is 10.2 Å². The molecule has 0 radical (unpaired) electrons. The molecule has 1 unspecified atom stereocenters. The van der Waals surface area contributed by atoms with Gasteiger partial charge in [0.1, 0.15) is 22.0 Å². The SMILES string of the molecule is Cc1c(C(=O)NCCc2cccs2)sc2ncnc(NC(C)c3nccs3)c12. The van der Waals surface area contributed by atoms with Crippen molar-refractivity contribution in [1.29, 1.82) is 0 Å². The van der Waals surface area contributed by atoms with Crippen LogP contribution < -0.4 is 10.6 Å². The minimum atomic E-state index is -0.0593. The van der Waals surface area contributed by atoms with Crippen LogP contribution in [0.1, 0.15) is 38.1 Å². The average Bonchev–Trinajstić information content (AvgIpc) is 3.43. The Morgan fingerprint density at radius 3 is 2.86 bits per heavy atom. The predicted molar refractivity (Wildman–Crippen MR) is 117 cm³/mol. The van der Waals surface area contributed by atoms with Crippen LogP contribution in [0.3, 0.4) is 0 Å². The molecule has 0 spiro atoms. The number of carbonyl (C=O) groups is 1. The van der Waals surface area contributed by atoms with Crippen molar-refractivity contribution in [2.24, 2.45) is 0 Å². The van der Waals surface area contributed by atoms with Crippen molar-refractivity contribution in [3.05, 3.63) is 55.7 Å². The first kappa shape index (κ1) is 19.0. The van der Waals surface area contributed by atoms with Crippen LogP contribution in [-0.4, -0.2) is 27.4 Å². The molecular formula is C19H19N5OS3. The maximum absolute atomic E-state index is 12.7. The number of hydrogen-bond donors (Lipinski definition) is 2. The van der Waals surface area contributed by atoms with Crippen LogP contribution in [0, 0.1) is 6.92 Å². The first-order valence-electron chi connectivity index (χ1n) is 8.84. The van der Waals surface area contributed by atoms with Gasteiger partial charge in [0, 0.05) is 23.0 Å². The minimum Gasteiger partial charge on any atom is -0.360 e. The van der Waals surface area contributed by atoms with Gasteiger partial charge in [-0.2, -0.15) is 0 Å². The molecule has 0 aromatic carbocycles. The van der Waals surface area contributed by atoms with Crippen molar-refractivity contribution < 1.29 is 4.79 Å². The van der Waals surface area contributed by atoms with Crippen molar-refractivity contribution in [3.8, 4) is 0 Å². The van der Waals surface area contributed by atoms with Crippen LogP contribution in [0.15, 0.2) is 35.4 Å². The van der Waals surface area contributed by atoms with Crippen LogP contribution in [-0.2, 0) is 6.42 Å². The normalized spacial score (nSPS) is 12.2. The number of nitrogens with one attached hydrogen (secondary N) is 2. The van der Waals surface area contributed by atoms with Gasteiger partial charge in [-0.15, -0.1) is 34.0 Å². The second kappa shape index (κ2) is 8.34. The van der Waals surface area contributed by atoms with Gasteiger partial charge in [0.15, 0.2) is 0 Å². The lowest BCUT2D eigenvalue weighted by Gasteiger charge is -2.12. The maximum atomic E-state index is 12.7. The van der Waals surface area contributed by atoms with E-state index in [1.807, 2.05) is 30.7 Å². The molecule has 0 bridgehead atoms. The van der Waals surface area contributed by atoms with Crippen molar-refractivity contribution in [2.45, 2.75) is 26.3 Å². The minimum absolute atomic E-state index is 0.0282. The largest absolute Gasteiger partial charge is 0.360 e. The number of thiazole rings is 1. The van der Waals surface area contributed by atoms with E-state index in [0.717, 1.165) is 33.0 Å². The number of hydrogen-bond acceptors (Lipinski definition) is 8. The molecular weight excluding hydrogens is 410 g/mol. The summed E-state index contributed by atoms with van der Waals surface area (Å²) in [6, 6.07) is 4.14. The highest BCUT2D eigenvalue weighted by Gasteiger charge is 2.20. The highest BCUT2D eigenvalue weighted by Crippen LogP contribution is 2.34. The van der Waals surface area contributed by atoms with Gasteiger partial charge in [0.2, 0.25) is 0 Å². The Hall–Kier alpha value is -2.36. The highest BCUT2D eigenvalue weighted by molar-refractivity contribution is 7.20. The Kier molecular flexibility index (Phi) is 5.65. The molecule has 0 aliphatic heterocycles. The molecule has 1 atom stereocenters. The van der Waals surface area contributed by atoms with Gasteiger partial charge in [-0.1, -0.05) is 6.07 Å². The van der Waals surface area contributed by atoms with Gasteiger partial charge in [-0.05, 0) is 37.3 Å². The molecule has 0 fully saturated rings. The number of amides is 1. The van der Waals surface area contributed by atoms with Gasteiger partial charge in [0.05, 0.1) is 16.3 Å². The van der Waals surface area contributed by atoms with E-state index in [4.69, 9.17) is 0 Å². The summed E-state index contributed by atoms with van der Waals surface area (Å²) in [6.07, 6.45) is 4.17. The number of rotatable bonds is 7. The van der Waals surface area contributed by atoms with E-state index < -0.39 is 0 Å². The first-order valence-corrected chi connectivity index (χ1v) is 11.4. The molecule has 28 heavy (non-hydrogen) atoms. The van der Waals surface area contributed by atoms with E-state index >= 15 is 0 Å². The van der Waals surface area contributed by atoms with Gasteiger partial charge < -0.3 is 10.6 Å². The average molecular weight is 430 g/mol. The molecule has 4 rings (SSSR count). The Morgan fingerprint density at radius 2 is 2.11 bits per heavy atom. The topological polar surface area (TPSA) is 79.8 Å². The molecule has 0 saturated heterocycles. The molecule has 4 aromatic heterocycles. The fourth-order valence-corrected chi connectivity index (χ4v) is 5.37. The monoisotopic (exact) mass is 429 g/mol. The molecule has 4 heterocycles. The molecule has 6 nitrogen and oxygen atoms in total. The Morgan fingerprint density at radius 1 is 1.21 bits per heavy atom. The Balaban J connectivity index is 1.53. The third-order valence-corrected chi connectivity index (χ3v) is 7.44. The second-order valence-corrected chi connectivity index (χ2v) is 9.24. The van der Waals surface area contributed by atoms with Crippen LogP contribution in [0.4, 0.5) is 5.82 Å². The number of anilines is 1. The lowest BCUT2D eigenvalue weighted by Crippen LogP contribution is -2.25. The summed E-state index contributed by atoms with van der Waals surface area (Å²) in [7, 11) is 0. The van der Waals surface area contributed by atoms with Gasteiger partial charge in [-0.25, -0.2) is 15.0 Å². The van der Waals surface area contributed by atoms with Crippen molar-refractivity contribution >= 4 is 56.0 Å². The third kappa shape index (κ3) is 3.91. The van der Waals surface area contributed by atoms with Crippen LogP contribution in [0.5, 0.6) is 0 Å². The molecule has 144 valence electrons. The number of carbonyl (C=O) groups excluding carboxylic acids is 1. The van der Waals surface area contributed by atoms with Gasteiger partial charge in [-0.3, -0.25) is 4.79 Å². The van der Waals surface area contributed by atoms with E-state index in [1.54, 1.807) is 28.9 Å². The van der Waals surface area contributed by atoms with E-state index in [0.29, 0.717) is 11.4 Å². The molecule has 0 saturated carbocycles. The lowest BCUT2D eigenvalue weighted by atomic mass is 10.2. The van der Waals surface area contributed by atoms with Crippen molar-refractivity contribution in [3.63, 3.8) is 0 Å². The summed E-state index contributed by atoms with van der Waals surface area (Å²) >= 11 is 4.71. The van der Waals surface area contributed by atoms with Crippen LogP contribution in [0.2, 0.25) is 0 Å². The third-order valence-electron chi connectivity index (χ3n) is 4.35. The Bertz CT molecular complexity index is 1070. The number of aromatic nitrogens is 3. The van der Waals surface area contributed by atoms with E-state index in [9.17, 15) is 4.79 Å². The summed E-state index contributed by atoms with van der Waals surface area (Å²) < 4.78 is 0. The second-order valence-electron chi connectivity index (χ2n) is 6.28. The smallest absolute Gasteiger partial charge is 0.261 e. The summed E-state index contributed by atoms with van der Waals surface area (Å²) in [5, 5.41) is 12.3. The molecule has 2 N–H and O–H groups in total.